The molecule has 38 valence electrons. The van der Waals surface area contributed by atoms with E-state index in [9.17, 15) is 5.11 Å². The van der Waals surface area contributed by atoms with Crippen molar-refractivity contribution in [2.24, 2.45) is 0 Å². The van der Waals surface area contributed by atoms with Crippen molar-refractivity contribution in [3.05, 3.63) is 42.2 Å². The van der Waals surface area contributed by atoms with Crippen molar-refractivity contribution in [3.8, 4) is 0 Å². The molecule has 0 fully saturated rings. The smallest absolute Gasteiger partial charge is 0.145 e. The van der Waals surface area contributed by atoms with E-state index in [0.29, 0.717) is 0 Å². The molecule has 0 saturated heterocycles. The second kappa shape index (κ2) is 3.71. The summed E-state index contributed by atoms with van der Waals surface area (Å²) < 4.78 is 0. The highest BCUT2D eigenvalue weighted by atomic mass is 16.3. The molecule has 0 radical (unpaired) electrons. The maximum atomic E-state index is 10.2. The Balaban J connectivity index is 4.48. The second-order valence-corrected chi connectivity index (χ2v) is 0.933. The Hall–Kier alpha value is -1.47. The largest absolute Gasteiger partial charge is 0.838 e. The molecule has 1 heteroatoms. The van der Waals surface area contributed by atoms with Gasteiger partial charge in [-0.1, -0.05) is 0 Å². The van der Waals surface area contributed by atoms with Crippen molar-refractivity contribution in [3.63, 3.8) is 0 Å². The molecule has 8 heavy (non-hydrogen) atoms. The Morgan fingerprint density at radius 2 is 2.12 bits per heavy atom. The summed E-state index contributed by atoms with van der Waals surface area (Å²) in [5.74, 6) is -0.435. The third-order valence-electron chi connectivity index (χ3n) is 0.404. The monoisotopic (exact) mass is 104 g/mol. The van der Waals surface area contributed by atoms with E-state index in [1.165, 1.54) is 0 Å². The van der Waals surface area contributed by atoms with Gasteiger partial charge in [0.2, 0.25) is 0 Å². The highest BCUT2D eigenvalue weighted by Gasteiger charge is 1.72. The minimum absolute atomic E-state index is 0.435. The van der Waals surface area contributed by atoms with Gasteiger partial charge in [0.1, 0.15) is 5.76 Å². The average molecular weight is 104 g/mol. The minimum Gasteiger partial charge on any atom is -0.838 e. The van der Waals surface area contributed by atoms with Gasteiger partial charge >= 0.3 is 0 Å². The van der Waals surface area contributed by atoms with Gasteiger partial charge in [-0.3, -0.25) is 0 Å². The zero-order valence-corrected chi connectivity index (χ0v) is 4.32. The molecule has 0 N–H and O–H groups in total. The summed E-state index contributed by atoms with van der Waals surface area (Å²) in [6.45, 7) is 6.28. The van der Waals surface area contributed by atoms with Gasteiger partial charge in [-0.05, 0) is 6.58 Å². The van der Waals surface area contributed by atoms with Crippen molar-refractivity contribution >= 4 is 0 Å². The zero-order valence-electron chi connectivity index (χ0n) is 4.32. The van der Waals surface area contributed by atoms with Crippen LogP contribution in [0, 0.1) is 6.08 Å². The first-order valence-corrected chi connectivity index (χ1v) is 1.91. The maximum absolute atomic E-state index is 10.2. The molecule has 0 bridgehead atoms. The Labute approximate surface area is 48.3 Å². The van der Waals surface area contributed by atoms with Crippen molar-refractivity contribution in [1.29, 1.82) is 0 Å². The van der Waals surface area contributed by atoms with Crippen LogP contribution in [0.2, 0.25) is 0 Å². The standard InChI is InChI=1S/C7H4O/c1-3-5-7(8)6-4-2/h1-2H2. The average Bonchev–Trinajstić information content (AvgIpc) is 1.68. The summed E-state index contributed by atoms with van der Waals surface area (Å²) in [6, 6.07) is 0. The lowest BCUT2D eigenvalue weighted by Gasteiger charge is -1.82. The van der Waals surface area contributed by atoms with E-state index in [0.717, 1.165) is 0 Å². The highest BCUT2D eigenvalue weighted by Crippen LogP contribution is 1.73. The van der Waals surface area contributed by atoms with Crippen molar-refractivity contribution in [2.75, 3.05) is 0 Å². The van der Waals surface area contributed by atoms with Gasteiger partial charge in [-0.25, -0.2) is 0 Å². The fraction of sp³-hybridized carbons (Fsp3) is 0. The van der Waals surface area contributed by atoms with Gasteiger partial charge in [0.05, 0.1) is 17.5 Å². The normalized spacial score (nSPS) is 5.00. The fourth-order valence-corrected chi connectivity index (χ4v) is 0.192. The maximum Gasteiger partial charge on any atom is 0.145 e. The van der Waals surface area contributed by atoms with Crippen LogP contribution in [0.25, 0.3) is 0 Å². The predicted molar refractivity (Wildman–Crippen MR) is 28.5 cm³/mol. The molecular formula is C7H4O. The van der Waals surface area contributed by atoms with Gasteiger partial charge in [-0.2, -0.15) is 0 Å². The number of rotatable bonds is 1. The summed E-state index contributed by atoms with van der Waals surface area (Å²) in [4.78, 5) is 0. The molecule has 0 aromatic rings. The molecule has 1 nitrogen and oxygen atoms in total. The number of hydrogen-bond donors (Lipinski definition) is 0. The Bertz CT molecular complexity index is 194. The molecule has 0 aliphatic carbocycles. The van der Waals surface area contributed by atoms with E-state index < -0.39 is 5.76 Å². The zero-order chi connectivity index (χ0) is 6.41. The van der Waals surface area contributed by atoms with E-state index in [1.54, 1.807) is 0 Å². The Morgan fingerprint density at radius 3 is 2.50 bits per heavy atom. The third kappa shape index (κ3) is 2.75. The van der Waals surface area contributed by atoms with E-state index >= 15 is 0 Å². The first-order valence-electron chi connectivity index (χ1n) is 1.91. The van der Waals surface area contributed by atoms with Gasteiger partial charge in [0.15, 0.2) is 0 Å². The molecule has 0 unspecified atom stereocenters. The highest BCUT2D eigenvalue weighted by molar-refractivity contribution is 4.98. The first kappa shape index (κ1) is 6.53. The van der Waals surface area contributed by atoms with Crippen LogP contribution in [0.4, 0.5) is 0 Å². The predicted octanol–water partition coefficient (Wildman–Crippen LogP) is 0.315. The summed E-state index contributed by atoms with van der Waals surface area (Å²) in [6.07, 6.45) is 2.13. The summed E-state index contributed by atoms with van der Waals surface area (Å²) >= 11 is 0. The molecule has 0 heterocycles. The lowest BCUT2D eigenvalue weighted by molar-refractivity contribution is -0.296. The van der Waals surface area contributed by atoms with Crippen LogP contribution in [0.5, 0.6) is 0 Å². The van der Waals surface area contributed by atoms with Gasteiger partial charge in [0.25, 0.3) is 0 Å². The summed E-state index contributed by atoms with van der Waals surface area (Å²) in [5, 5.41) is 10.2. The molecule has 0 rings (SSSR count). The molecule has 0 amide bonds. The molecule has 0 saturated carbocycles. The van der Waals surface area contributed by atoms with E-state index in [4.69, 9.17) is 0 Å². The summed E-state index contributed by atoms with van der Waals surface area (Å²) in [7, 11) is 0. The molecule has 0 spiro atoms. The van der Waals surface area contributed by atoms with Crippen LogP contribution in [-0.2, 0) is 0 Å². The van der Waals surface area contributed by atoms with Crippen LogP contribution < -0.4 is 5.11 Å². The molecule has 0 aromatic carbocycles. The van der Waals surface area contributed by atoms with Gasteiger partial charge in [0, 0.05) is 12.3 Å². The quantitative estimate of drug-likeness (QED) is 0.203. The Kier molecular flexibility index (Phi) is 3.03. The fourth-order valence-electron chi connectivity index (χ4n) is 0.192. The van der Waals surface area contributed by atoms with E-state index in [1.807, 2.05) is 0 Å². The van der Waals surface area contributed by atoms with Gasteiger partial charge in [-0.15, -0.1) is 0 Å². The number of allylic oxidation sites excluding steroid dienone is 1. The van der Waals surface area contributed by atoms with Crippen LogP contribution in [0.1, 0.15) is 0 Å². The lowest BCUT2D eigenvalue weighted by Crippen LogP contribution is -1.96. The van der Waals surface area contributed by atoms with E-state index in [-0.39, 0.29) is 0 Å². The lowest BCUT2D eigenvalue weighted by atomic mass is 10.5. The topological polar surface area (TPSA) is 23.1 Å². The van der Waals surface area contributed by atoms with Crippen LogP contribution in [0.3, 0.4) is 0 Å². The molecule has 0 aliphatic rings. The van der Waals surface area contributed by atoms with Crippen LogP contribution in [-0.4, -0.2) is 0 Å². The van der Waals surface area contributed by atoms with Crippen molar-refractivity contribution in [2.45, 2.75) is 0 Å². The van der Waals surface area contributed by atoms with Gasteiger partial charge < -0.3 is 5.11 Å². The number of hydrogen-bond acceptors (Lipinski definition) is 1. The van der Waals surface area contributed by atoms with Crippen molar-refractivity contribution < 1.29 is 5.11 Å². The first-order chi connectivity index (χ1) is 3.81. The molecule has 0 aliphatic heterocycles. The molecule has 0 atom stereocenters. The van der Waals surface area contributed by atoms with Crippen LogP contribution >= 0.6 is 0 Å². The minimum atomic E-state index is -0.435. The van der Waals surface area contributed by atoms with Crippen LogP contribution in [0.15, 0.2) is 36.1 Å². The Morgan fingerprint density at radius 1 is 1.50 bits per heavy atom. The second-order valence-electron chi connectivity index (χ2n) is 0.933. The molecular weight excluding hydrogens is 100 g/mol. The van der Waals surface area contributed by atoms with E-state index in [2.05, 4.69) is 36.4 Å². The van der Waals surface area contributed by atoms with Crippen molar-refractivity contribution in [1.82, 2.24) is 0 Å². The third-order valence-corrected chi connectivity index (χ3v) is 0.404. The summed E-state index contributed by atoms with van der Waals surface area (Å²) in [5.41, 5.74) is 6.48. The molecule has 0 aromatic heterocycles. The SMILES string of the molecule is C=C=C=C([O-])[C+]=C=C.